The van der Waals surface area contributed by atoms with Crippen LogP contribution in [0, 0.1) is 6.92 Å². The Balaban J connectivity index is 2.53. The van der Waals surface area contributed by atoms with Gasteiger partial charge in [-0.05, 0) is 18.6 Å². The van der Waals surface area contributed by atoms with E-state index in [0.29, 0.717) is 5.82 Å². The highest BCUT2D eigenvalue weighted by atomic mass is 14.8. The van der Waals surface area contributed by atoms with E-state index in [1.165, 1.54) is 0 Å². The first-order valence-electron chi connectivity index (χ1n) is 4.26. The van der Waals surface area contributed by atoms with E-state index in [2.05, 4.69) is 15.0 Å². The number of anilines is 1. The molecule has 0 radical (unpaired) electrons. The smallest absolute Gasteiger partial charge is 0.123 e. The molecule has 0 saturated heterocycles. The molecule has 2 aromatic heterocycles. The number of nitrogen functional groups attached to an aromatic ring is 1. The van der Waals surface area contributed by atoms with Crippen molar-refractivity contribution in [3.8, 4) is 11.3 Å². The van der Waals surface area contributed by atoms with Crippen LogP contribution >= 0.6 is 0 Å². The van der Waals surface area contributed by atoms with E-state index >= 15 is 0 Å². The van der Waals surface area contributed by atoms with Crippen molar-refractivity contribution in [2.24, 2.45) is 0 Å². The van der Waals surface area contributed by atoms with E-state index in [0.717, 1.165) is 16.8 Å². The molecule has 0 spiro atoms. The first-order valence-corrected chi connectivity index (χ1v) is 4.26. The summed E-state index contributed by atoms with van der Waals surface area (Å²) in [5, 5.41) is 0. The molecule has 70 valence electrons. The van der Waals surface area contributed by atoms with Gasteiger partial charge >= 0.3 is 0 Å². The van der Waals surface area contributed by atoms with Gasteiger partial charge in [-0.3, -0.25) is 9.97 Å². The van der Waals surface area contributed by atoms with Crippen LogP contribution in [0.25, 0.3) is 11.3 Å². The maximum absolute atomic E-state index is 5.56. The van der Waals surface area contributed by atoms with Gasteiger partial charge in [-0.15, -0.1) is 0 Å². The van der Waals surface area contributed by atoms with Crippen molar-refractivity contribution in [1.29, 1.82) is 0 Å². The monoisotopic (exact) mass is 186 g/mol. The summed E-state index contributed by atoms with van der Waals surface area (Å²) in [5.74, 6) is 0.523. The molecule has 0 aliphatic carbocycles. The molecule has 0 aliphatic rings. The fraction of sp³-hybridized carbons (Fsp3) is 0.100. The molecule has 14 heavy (non-hydrogen) atoms. The number of hydrogen-bond acceptors (Lipinski definition) is 4. The molecule has 4 heteroatoms. The first-order chi connectivity index (χ1) is 6.77. The summed E-state index contributed by atoms with van der Waals surface area (Å²) in [7, 11) is 0. The van der Waals surface area contributed by atoms with E-state index in [1.54, 1.807) is 24.8 Å². The molecule has 0 aliphatic heterocycles. The second kappa shape index (κ2) is 3.41. The number of hydrogen-bond donors (Lipinski definition) is 1. The highest BCUT2D eigenvalue weighted by molar-refractivity contribution is 5.62. The van der Waals surface area contributed by atoms with Crippen molar-refractivity contribution in [1.82, 2.24) is 15.0 Å². The molecule has 0 atom stereocenters. The molecule has 2 aromatic rings. The Labute approximate surface area is 81.9 Å². The lowest BCUT2D eigenvalue weighted by molar-refractivity contribution is 1.18. The molecule has 0 unspecified atom stereocenters. The zero-order valence-corrected chi connectivity index (χ0v) is 7.81. The van der Waals surface area contributed by atoms with Gasteiger partial charge in [0.2, 0.25) is 0 Å². The number of nitrogens with zero attached hydrogens (tertiary/aromatic N) is 3. The molecule has 2 rings (SSSR count). The third-order valence-electron chi connectivity index (χ3n) is 1.97. The van der Waals surface area contributed by atoms with Crippen molar-refractivity contribution in [2.75, 3.05) is 5.73 Å². The lowest BCUT2D eigenvalue weighted by Gasteiger charge is -2.03. The second-order valence-corrected chi connectivity index (χ2v) is 3.01. The quantitative estimate of drug-likeness (QED) is 0.731. The highest BCUT2D eigenvalue weighted by Crippen LogP contribution is 2.20. The van der Waals surface area contributed by atoms with Gasteiger partial charge in [0.15, 0.2) is 0 Å². The van der Waals surface area contributed by atoms with Crippen LogP contribution in [0.2, 0.25) is 0 Å². The van der Waals surface area contributed by atoms with Gasteiger partial charge in [-0.25, -0.2) is 4.98 Å². The maximum atomic E-state index is 5.56. The Kier molecular flexibility index (Phi) is 2.10. The van der Waals surface area contributed by atoms with Gasteiger partial charge in [0.05, 0.1) is 11.9 Å². The number of aromatic nitrogens is 3. The zero-order valence-electron chi connectivity index (χ0n) is 7.81. The molecule has 2 N–H and O–H groups in total. The molecule has 2 heterocycles. The molecular formula is C10H10N4. The number of rotatable bonds is 1. The lowest BCUT2D eigenvalue weighted by atomic mass is 10.1. The van der Waals surface area contributed by atoms with Crippen LogP contribution in [0.3, 0.4) is 0 Å². The maximum Gasteiger partial charge on any atom is 0.123 e. The van der Waals surface area contributed by atoms with Crippen molar-refractivity contribution in [2.45, 2.75) is 6.92 Å². The standard InChI is InChI=1S/C10H10N4/c1-7-4-10(11)14-5-8(7)9-6-12-2-3-13-9/h2-6H,1H3,(H2,11,14). The largest absolute Gasteiger partial charge is 0.384 e. The highest BCUT2D eigenvalue weighted by Gasteiger charge is 2.03. The second-order valence-electron chi connectivity index (χ2n) is 3.01. The Bertz CT molecular complexity index is 439. The molecular weight excluding hydrogens is 176 g/mol. The minimum atomic E-state index is 0.523. The third-order valence-corrected chi connectivity index (χ3v) is 1.97. The normalized spacial score (nSPS) is 10.1. The Morgan fingerprint density at radius 3 is 2.64 bits per heavy atom. The summed E-state index contributed by atoms with van der Waals surface area (Å²) in [6, 6.07) is 1.82. The predicted molar refractivity (Wildman–Crippen MR) is 54.4 cm³/mol. The van der Waals surface area contributed by atoms with Crippen LogP contribution in [0.1, 0.15) is 5.56 Å². The Hall–Kier alpha value is -1.97. The number of aryl methyl sites for hydroxylation is 1. The average Bonchev–Trinajstić information content (AvgIpc) is 2.19. The van der Waals surface area contributed by atoms with Crippen LogP contribution < -0.4 is 5.73 Å². The molecule has 4 nitrogen and oxygen atoms in total. The van der Waals surface area contributed by atoms with E-state index < -0.39 is 0 Å². The van der Waals surface area contributed by atoms with Gasteiger partial charge in [0.25, 0.3) is 0 Å². The summed E-state index contributed by atoms with van der Waals surface area (Å²) in [5.41, 5.74) is 8.39. The van der Waals surface area contributed by atoms with E-state index in [9.17, 15) is 0 Å². The lowest BCUT2D eigenvalue weighted by Crippen LogP contribution is -1.94. The molecule has 0 aromatic carbocycles. The number of pyridine rings is 1. The van der Waals surface area contributed by atoms with Gasteiger partial charge in [-0.1, -0.05) is 0 Å². The predicted octanol–water partition coefficient (Wildman–Crippen LogP) is 1.43. The van der Waals surface area contributed by atoms with Crippen LogP contribution in [0.4, 0.5) is 5.82 Å². The summed E-state index contributed by atoms with van der Waals surface area (Å²) in [6.45, 7) is 1.97. The van der Waals surface area contributed by atoms with Crippen LogP contribution in [-0.4, -0.2) is 15.0 Å². The van der Waals surface area contributed by atoms with Crippen LogP contribution in [0.15, 0.2) is 30.9 Å². The summed E-state index contributed by atoms with van der Waals surface area (Å²) in [6.07, 6.45) is 6.73. The Morgan fingerprint density at radius 2 is 2.00 bits per heavy atom. The van der Waals surface area contributed by atoms with Gasteiger partial charge < -0.3 is 5.73 Å². The zero-order chi connectivity index (χ0) is 9.97. The van der Waals surface area contributed by atoms with Crippen LogP contribution in [-0.2, 0) is 0 Å². The minimum absolute atomic E-state index is 0.523. The van der Waals surface area contributed by atoms with Gasteiger partial charge in [0.1, 0.15) is 5.82 Å². The topological polar surface area (TPSA) is 64.7 Å². The van der Waals surface area contributed by atoms with Gasteiger partial charge in [0, 0.05) is 24.2 Å². The van der Waals surface area contributed by atoms with Crippen molar-refractivity contribution in [3.05, 3.63) is 36.4 Å². The van der Waals surface area contributed by atoms with Crippen molar-refractivity contribution in [3.63, 3.8) is 0 Å². The van der Waals surface area contributed by atoms with E-state index in [-0.39, 0.29) is 0 Å². The first kappa shape index (κ1) is 8.62. The minimum Gasteiger partial charge on any atom is -0.384 e. The van der Waals surface area contributed by atoms with Crippen molar-refractivity contribution < 1.29 is 0 Å². The average molecular weight is 186 g/mol. The molecule has 0 fully saturated rings. The van der Waals surface area contributed by atoms with Crippen molar-refractivity contribution >= 4 is 5.82 Å². The fourth-order valence-corrected chi connectivity index (χ4v) is 1.28. The van der Waals surface area contributed by atoms with E-state index in [1.807, 2.05) is 13.0 Å². The molecule has 0 bridgehead atoms. The molecule has 0 amide bonds. The molecule has 0 saturated carbocycles. The van der Waals surface area contributed by atoms with Crippen LogP contribution in [0.5, 0.6) is 0 Å². The third kappa shape index (κ3) is 1.54. The number of nitrogens with two attached hydrogens (primary N) is 1. The van der Waals surface area contributed by atoms with Gasteiger partial charge in [-0.2, -0.15) is 0 Å². The summed E-state index contributed by atoms with van der Waals surface area (Å²) >= 11 is 0. The Morgan fingerprint density at radius 1 is 1.14 bits per heavy atom. The summed E-state index contributed by atoms with van der Waals surface area (Å²) in [4.78, 5) is 12.2. The van der Waals surface area contributed by atoms with E-state index in [4.69, 9.17) is 5.73 Å². The SMILES string of the molecule is Cc1cc(N)ncc1-c1cnccn1. The summed E-state index contributed by atoms with van der Waals surface area (Å²) < 4.78 is 0. The fourth-order valence-electron chi connectivity index (χ4n) is 1.28.